The molecule has 0 saturated heterocycles. The quantitative estimate of drug-likeness (QED) is 0.940. The van der Waals surface area contributed by atoms with Gasteiger partial charge in [0.2, 0.25) is 5.91 Å². The summed E-state index contributed by atoms with van der Waals surface area (Å²) >= 11 is 0. The number of hydrogen-bond donors (Lipinski definition) is 1. The van der Waals surface area contributed by atoms with E-state index >= 15 is 0 Å². The lowest BCUT2D eigenvalue weighted by molar-refractivity contribution is -0.115. The van der Waals surface area contributed by atoms with E-state index in [-0.39, 0.29) is 5.91 Å². The fraction of sp³-hybridized carbons (Fsp3) is 0.312. The lowest BCUT2D eigenvalue weighted by Gasteiger charge is -2.23. The Kier molecular flexibility index (Phi) is 3.56. The van der Waals surface area contributed by atoms with Crippen LogP contribution in [0.25, 0.3) is 0 Å². The number of para-hydroxylation sites is 1. The Bertz CT molecular complexity index is 654. The Hall–Kier alpha value is -2.43. The highest BCUT2D eigenvalue weighted by Crippen LogP contribution is 2.36. The third-order valence-electron chi connectivity index (χ3n) is 3.69. The van der Waals surface area contributed by atoms with Crippen LogP contribution in [0.15, 0.2) is 36.4 Å². The van der Waals surface area contributed by atoms with Gasteiger partial charge in [-0.1, -0.05) is 25.1 Å². The first kappa shape index (κ1) is 13.5. The molecule has 1 atom stereocenters. The molecule has 0 fully saturated rings. The molecule has 21 heavy (non-hydrogen) atoms. The number of hydrogen-bond acceptors (Lipinski definition) is 4. The van der Waals surface area contributed by atoms with Crippen LogP contribution >= 0.6 is 0 Å². The fourth-order valence-electron chi connectivity index (χ4n) is 2.67. The molecule has 1 aliphatic rings. The highest BCUT2D eigenvalue weighted by Gasteiger charge is 2.27. The van der Waals surface area contributed by atoms with Crippen molar-refractivity contribution in [3.05, 3.63) is 42.0 Å². The molecule has 0 saturated carbocycles. The average Bonchev–Trinajstić information content (AvgIpc) is 2.84. The number of carbonyl (C=O) groups is 1. The number of benzene rings is 1. The first-order chi connectivity index (χ1) is 10.2. The van der Waals surface area contributed by atoms with Crippen molar-refractivity contribution in [1.29, 1.82) is 0 Å². The Morgan fingerprint density at radius 2 is 2.10 bits per heavy atom. The summed E-state index contributed by atoms with van der Waals surface area (Å²) in [6.45, 7) is 3.98. The predicted octanol–water partition coefficient (Wildman–Crippen LogP) is 2.91. The van der Waals surface area contributed by atoms with Gasteiger partial charge in [0, 0.05) is 18.2 Å². The third-order valence-corrected chi connectivity index (χ3v) is 3.69. The summed E-state index contributed by atoms with van der Waals surface area (Å²) in [6, 6.07) is 12.4. The number of amides is 1. The van der Waals surface area contributed by atoms with Crippen molar-refractivity contribution in [1.82, 2.24) is 10.2 Å². The smallest absolute Gasteiger partial charge is 0.225 e. The summed E-state index contributed by atoms with van der Waals surface area (Å²) in [4.78, 5) is 13.5. The molecule has 0 radical (unpaired) electrons. The second-order valence-corrected chi connectivity index (χ2v) is 5.23. The molecular formula is C16H18N4O. The Morgan fingerprint density at radius 3 is 2.81 bits per heavy atom. The largest absolute Gasteiger partial charge is 0.321 e. The van der Waals surface area contributed by atoms with Gasteiger partial charge in [0.1, 0.15) is 0 Å². The normalized spacial score (nSPS) is 16.7. The second-order valence-electron chi connectivity index (χ2n) is 5.23. The third kappa shape index (κ3) is 2.59. The van der Waals surface area contributed by atoms with Crippen LogP contribution in [0.3, 0.4) is 0 Å². The minimum absolute atomic E-state index is 0.0584. The minimum atomic E-state index is -0.0584. The van der Waals surface area contributed by atoms with Crippen LogP contribution in [0, 0.1) is 0 Å². The van der Waals surface area contributed by atoms with Crippen LogP contribution in [0.5, 0.6) is 0 Å². The Balaban J connectivity index is 1.86. The van der Waals surface area contributed by atoms with Crippen LogP contribution < -0.4 is 10.2 Å². The molecule has 1 amide bonds. The lowest BCUT2D eigenvalue weighted by Crippen LogP contribution is -2.25. The molecule has 0 aliphatic carbocycles. The van der Waals surface area contributed by atoms with Gasteiger partial charge in [-0.05, 0) is 37.1 Å². The number of anilines is 3. The number of carbonyl (C=O) groups excluding carboxylic acids is 1. The van der Waals surface area contributed by atoms with Gasteiger partial charge in [-0.25, -0.2) is 0 Å². The van der Waals surface area contributed by atoms with Crippen LogP contribution in [-0.4, -0.2) is 22.1 Å². The molecule has 0 spiro atoms. The van der Waals surface area contributed by atoms with Gasteiger partial charge in [0.05, 0.1) is 0 Å². The summed E-state index contributed by atoms with van der Waals surface area (Å²) in [6.07, 6.45) is 1.44. The molecule has 1 N–H and O–H groups in total. The standard InChI is InChI=1S/C16H18N4O/c1-3-16(21)17-14-8-9-15(19-18-14)20-11(2)10-12-6-4-5-7-13(12)20/h4-9,11H,3,10H2,1-2H3,(H,17,18,21). The number of nitrogens with one attached hydrogen (secondary N) is 1. The van der Waals surface area contributed by atoms with Gasteiger partial charge in [0.25, 0.3) is 0 Å². The zero-order valence-corrected chi connectivity index (χ0v) is 12.2. The summed E-state index contributed by atoms with van der Waals surface area (Å²) in [5.74, 6) is 1.24. The molecule has 5 nitrogen and oxygen atoms in total. The summed E-state index contributed by atoms with van der Waals surface area (Å²) in [7, 11) is 0. The van der Waals surface area contributed by atoms with Crippen LogP contribution in [0.2, 0.25) is 0 Å². The number of fused-ring (bicyclic) bond motifs is 1. The molecule has 1 unspecified atom stereocenters. The van der Waals surface area contributed by atoms with Crippen molar-refractivity contribution in [2.75, 3.05) is 10.2 Å². The molecule has 1 aromatic carbocycles. The van der Waals surface area contributed by atoms with Crippen molar-refractivity contribution in [2.24, 2.45) is 0 Å². The zero-order valence-electron chi connectivity index (χ0n) is 12.2. The van der Waals surface area contributed by atoms with Crippen molar-refractivity contribution in [3.63, 3.8) is 0 Å². The van der Waals surface area contributed by atoms with Crippen molar-refractivity contribution < 1.29 is 4.79 Å². The van der Waals surface area contributed by atoms with E-state index in [1.165, 1.54) is 11.3 Å². The van der Waals surface area contributed by atoms with Crippen LogP contribution in [0.1, 0.15) is 25.8 Å². The Labute approximate surface area is 124 Å². The minimum Gasteiger partial charge on any atom is -0.321 e. The van der Waals surface area contributed by atoms with Crippen molar-refractivity contribution in [2.45, 2.75) is 32.7 Å². The predicted molar refractivity (Wildman–Crippen MR) is 82.7 cm³/mol. The highest BCUT2D eigenvalue weighted by atomic mass is 16.1. The van der Waals surface area contributed by atoms with Crippen molar-refractivity contribution >= 4 is 23.2 Å². The first-order valence-corrected chi connectivity index (χ1v) is 7.19. The van der Waals surface area contributed by atoms with E-state index in [9.17, 15) is 4.79 Å². The van der Waals surface area contributed by atoms with Gasteiger partial charge in [-0.3, -0.25) is 4.79 Å². The number of aromatic nitrogens is 2. The summed E-state index contributed by atoms with van der Waals surface area (Å²) in [5, 5.41) is 11.1. The molecule has 2 heterocycles. The second kappa shape index (κ2) is 5.52. The van der Waals surface area contributed by atoms with Gasteiger partial charge in [0.15, 0.2) is 11.6 Å². The lowest BCUT2D eigenvalue weighted by atomic mass is 10.1. The topological polar surface area (TPSA) is 58.1 Å². The van der Waals surface area contributed by atoms with E-state index in [0.717, 1.165) is 12.2 Å². The van der Waals surface area contributed by atoms with Gasteiger partial charge >= 0.3 is 0 Å². The van der Waals surface area contributed by atoms with Crippen molar-refractivity contribution in [3.8, 4) is 0 Å². The van der Waals surface area contributed by atoms with Crippen LogP contribution in [-0.2, 0) is 11.2 Å². The van der Waals surface area contributed by atoms with E-state index in [1.54, 1.807) is 13.0 Å². The summed E-state index contributed by atoms with van der Waals surface area (Å²) in [5.41, 5.74) is 2.51. The number of rotatable bonds is 3. The van der Waals surface area contributed by atoms with E-state index < -0.39 is 0 Å². The van der Waals surface area contributed by atoms with E-state index in [0.29, 0.717) is 18.3 Å². The van der Waals surface area contributed by atoms with E-state index in [2.05, 4.69) is 45.5 Å². The molecule has 0 bridgehead atoms. The highest BCUT2D eigenvalue weighted by molar-refractivity contribution is 5.89. The maximum Gasteiger partial charge on any atom is 0.225 e. The summed E-state index contributed by atoms with van der Waals surface area (Å²) < 4.78 is 0. The monoisotopic (exact) mass is 282 g/mol. The molecule has 2 aromatic rings. The van der Waals surface area contributed by atoms with Gasteiger partial charge in [-0.2, -0.15) is 0 Å². The molecule has 5 heteroatoms. The molecular weight excluding hydrogens is 264 g/mol. The average molecular weight is 282 g/mol. The molecule has 1 aliphatic heterocycles. The van der Waals surface area contributed by atoms with E-state index in [4.69, 9.17) is 0 Å². The number of nitrogens with zero attached hydrogens (tertiary/aromatic N) is 3. The van der Waals surface area contributed by atoms with Gasteiger partial charge in [-0.15, -0.1) is 10.2 Å². The van der Waals surface area contributed by atoms with Crippen LogP contribution in [0.4, 0.5) is 17.3 Å². The first-order valence-electron chi connectivity index (χ1n) is 7.19. The van der Waals surface area contributed by atoms with Gasteiger partial charge < -0.3 is 10.2 Å². The SMILES string of the molecule is CCC(=O)Nc1ccc(N2c3ccccc3CC2C)nn1. The molecule has 1 aromatic heterocycles. The molecule has 108 valence electrons. The maximum absolute atomic E-state index is 11.3. The Morgan fingerprint density at radius 1 is 1.29 bits per heavy atom. The zero-order chi connectivity index (χ0) is 14.8. The van der Waals surface area contributed by atoms with E-state index in [1.807, 2.05) is 12.1 Å². The molecule has 3 rings (SSSR count). The maximum atomic E-state index is 11.3. The fourth-order valence-corrected chi connectivity index (χ4v) is 2.67.